The summed E-state index contributed by atoms with van der Waals surface area (Å²) in [6.45, 7) is -0.704. The maximum Gasteiger partial charge on any atom is 0.187 e. The largest absolute Gasteiger partial charge is 0.394 e. The minimum atomic E-state index is -1.83. The highest BCUT2D eigenvalue weighted by Crippen LogP contribution is 2.29. The highest BCUT2D eigenvalue weighted by atomic mass is 16.7. The van der Waals surface area contributed by atoms with Crippen LogP contribution in [0.5, 0.6) is 0 Å². The summed E-state index contributed by atoms with van der Waals surface area (Å²) in [7, 11) is 0. The zero-order chi connectivity index (χ0) is 17.5. The summed E-state index contributed by atoms with van der Waals surface area (Å²) in [6.07, 6.45) is -18.9. The minimum Gasteiger partial charge on any atom is -0.394 e. The van der Waals surface area contributed by atoms with E-state index in [2.05, 4.69) is 0 Å². The predicted molar refractivity (Wildman–Crippen MR) is 68.7 cm³/mol. The van der Waals surface area contributed by atoms with E-state index in [1.807, 2.05) is 0 Å². The lowest BCUT2D eigenvalue weighted by Crippen LogP contribution is -2.67. The minimum absolute atomic E-state index is 0.704. The Bertz CT molecular complexity index is 377. The Morgan fingerprint density at radius 1 is 0.609 bits per heavy atom. The molecule has 9 atom stereocenters. The number of hydrogen-bond acceptors (Lipinski definition) is 11. The van der Waals surface area contributed by atoms with Crippen LogP contribution in [0.1, 0.15) is 0 Å². The summed E-state index contributed by atoms with van der Waals surface area (Å²) in [5.74, 6) is 0. The van der Waals surface area contributed by atoms with Crippen molar-refractivity contribution in [1.29, 1.82) is 0 Å². The Labute approximate surface area is 130 Å². The highest BCUT2D eigenvalue weighted by Gasteiger charge is 2.52. The maximum atomic E-state index is 9.85. The van der Waals surface area contributed by atoms with Crippen LogP contribution in [0.15, 0.2) is 0 Å². The fourth-order valence-electron chi connectivity index (χ4n) is 2.69. The zero-order valence-corrected chi connectivity index (χ0v) is 11.9. The second-order valence-electron chi connectivity index (χ2n) is 5.75. The van der Waals surface area contributed by atoms with Crippen molar-refractivity contribution in [3.63, 3.8) is 0 Å². The summed E-state index contributed by atoms with van der Waals surface area (Å²) in [6, 6.07) is 0. The van der Waals surface area contributed by atoms with Crippen molar-refractivity contribution >= 4 is 0 Å². The lowest BCUT2D eigenvalue weighted by atomic mass is 9.84. The quantitative estimate of drug-likeness (QED) is 0.236. The molecule has 0 unspecified atom stereocenters. The van der Waals surface area contributed by atoms with Crippen molar-refractivity contribution in [2.45, 2.75) is 67.3 Å². The van der Waals surface area contributed by atoms with Crippen LogP contribution in [0.3, 0.4) is 0 Å². The molecule has 1 aliphatic heterocycles. The van der Waals surface area contributed by atoms with Crippen LogP contribution < -0.4 is 0 Å². The fraction of sp³-hybridized carbons (Fsp3) is 1.00. The Balaban J connectivity index is 2.13. The van der Waals surface area contributed by atoms with Crippen LogP contribution in [0.4, 0.5) is 0 Å². The standard InChI is InChI=1S/C12H22O11/c13-1-2-3(14)4(15)10(21)12(22-2)23-11-8(19)6(17)5(16)7(18)9(11)20/h2-21H,1H2/t2-,3+,4+,5?,6-,7-,8+,9+,10-,11?,12+/m1/s1. The van der Waals surface area contributed by atoms with Crippen molar-refractivity contribution < 1.29 is 55.4 Å². The first kappa shape index (κ1) is 18.9. The molecule has 1 saturated heterocycles. The molecule has 2 fully saturated rings. The molecule has 0 bridgehead atoms. The second kappa shape index (κ2) is 7.21. The van der Waals surface area contributed by atoms with Gasteiger partial charge in [0.15, 0.2) is 6.29 Å². The van der Waals surface area contributed by atoms with E-state index >= 15 is 0 Å². The van der Waals surface area contributed by atoms with Gasteiger partial charge in [-0.3, -0.25) is 0 Å². The van der Waals surface area contributed by atoms with E-state index in [4.69, 9.17) is 14.6 Å². The molecule has 1 saturated carbocycles. The molecular weight excluding hydrogens is 320 g/mol. The molecule has 9 N–H and O–H groups in total. The van der Waals surface area contributed by atoms with Gasteiger partial charge in [0.05, 0.1) is 6.61 Å². The van der Waals surface area contributed by atoms with E-state index in [0.717, 1.165) is 0 Å². The van der Waals surface area contributed by atoms with Crippen molar-refractivity contribution in [1.82, 2.24) is 0 Å². The molecule has 1 aliphatic carbocycles. The molecule has 11 heteroatoms. The molecule has 11 nitrogen and oxygen atoms in total. The average Bonchev–Trinajstić information content (AvgIpc) is 2.54. The molecule has 0 radical (unpaired) electrons. The number of hydrogen-bond donors (Lipinski definition) is 9. The molecular formula is C12H22O11. The van der Waals surface area contributed by atoms with Crippen molar-refractivity contribution in [2.24, 2.45) is 0 Å². The fourth-order valence-corrected chi connectivity index (χ4v) is 2.69. The molecule has 0 aromatic carbocycles. The predicted octanol–water partition coefficient (Wildman–Crippen LogP) is -6.01. The monoisotopic (exact) mass is 342 g/mol. The first-order valence-electron chi connectivity index (χ1n) is 7.07. The van der Waals surface area contributed by atoms with Gasteiger partial charge in [-0.2, -0.15) is 0 Å². The summed E-state index contributed by atoms with van der Waals surface area (Å²) in [5.41, 5.74) is 0. The molecule has 2 aliphatic rings. The molecule has 0 aromatic rings. The summed E-state index contributed by atoms with van der Waals surface area (Å²) < 4.78 is 10.2. The van der Waals surface area contributed by atoms with E-state index in [0.29, 0.717) is 0 Å². The van der Waals surface area contributed by atoms with Crippen LogP contribution in [0, 0.1) is 0 Å². The number of aliphatic hydroxyl groups is 9. The van der Waals surface area contributed by atoms with Crippen LogP contribution in [0.2, 0.25) is 0 Å². The average molecular weight is 342 g/mol. The third-order valence-corrected chi connectivity index (χ3v) is 4.21. The van der Waals surface area contributed by atoms with Gasteiger partial charge in [0, 0.05) is 0 Å². The van der Waals surface area contributed by atoms with Gasteiger partial charge in [-0.25, -0.2) is 0 Å². The molecule has 0 amide bonds. The lowest BCUT2D eigenvalue weighted by molar-refractivity contribution is -0.339. The van der Waals surface area contributed by atoms with Gasteiger partial charge in [-0.1, -0.05) is 0 Å². The first-order chi connectivity index (χ1) is 10.7. The summed E-state index contributed by atoms with van der Waals surface area (Å²) in [4.78, 5) is 0. The van der Waals surface area contributed by atoms with Gasteiger partial charge >= 0.3 is 0 Å². The maximum absolute atomic E-state index is 9.85. The number of aliphatic hydroxyl groups excluding tert-OH is 9. The van der Waals surface area contributed by atoms with Crippen LogP contribution in [-0.2, 0) is 9.47 Å². The SMILES string of the molecule is OC[C@H]1O[C@@H](OC2[C@@H](O)[C@H](O)C(O)[C@@H](O)[C@@H]2O)[C@H](O)[C@@H](O)[C@H]1O. The van der Waals surface area contributed by atoms with Gasteiger partial charge in [-0.05, 0) is 0 Å². The Kier molecular flexibility index (Phi) is 5.92. The van der Waals surface area contributed by atoms with E-state index < -0.39 is 73.9 Å². The van der Waals surface area contributed by atoms with E-state index in [1.165, 1.54) is 0 Å². The number of rotatable bonds is 3. The van der Waals surface area contributed by atoms with Gasteiger partial charge in [0.1, 0.15) is 61.0 Å². The Morgan fingerprint density at radius 3 is 1.52 bits per heavy atom. The molecule has 136 valence electrons. The van der Waals surface area contributed by atoms with Gasteiger partial charge in [0.2, 0.25) is 0 Å². The first-order valence-corrected chi connectivity index (χ1v) is 7.07. The Hall–Kier alpha value is -0.440. The third-order valence-electron chi connectivity index (χ3n) is 4.21. The van der Waals surface area contributed by atoms with E-state index in [1.54, 1.807) is 0 Å². The topological polar surface area (TPSA) is 201 Å². The third kappa shape index (κ3) is 3.36. The van der Waals surface area contributed by atoms with Crippen molar-refractivity contribution in [3.05, 3.63) is 0 Å². The van der Waals surface area contributed by atoms with E-state index in [9.17, 15) is 40.9 Å². The summed E-state index contributed by atoms with van der Waals surface area (Å²) >= 11 is 0. The van der Waals surface area contributed by atoms with Gasteiger partial charge in [0.25, 0.3) is 0 Å². The Morgan fingerprint density at radius 2 is 1.04 bits per heavy atom. The van der Waals surface area contributed by atoms with Crippen LogP contribution in [-0.4, -0.2) is 120 Å². The number of ether oxygens (including phenoxy) is 2. The summed E-state index contributed by atoms with van der Waals surface area (Å²) in [5, 5.41) is 86.6. The van der Waals surface area contributed by atoms with Crippen molar-refractivity contribution in [2.75, 3.05) is 6.61 Å². The molecule has 2 rings (SSSR count). The zero-order valence-electron chi connectivity index (χ0n) is 11.9. The smallest absolute Gasteiger partial charge is 0.187 e. The normalized spacial score (nSPS) is 54.9. The van der Waals surface area contributed by atoms with Crippen molar-refractivity contribution in [3.8, 4) is 0 Å². The molecule has 1 heterocycles. The van der Waals surface area contributed by atoms with Crippen LogP contribution >= 0.6 is 0 Å². The molecule has 23 heavy (non-hydrogen) atoms. The van der Waals surface area contributed by atoms with Gasteiger partial charge < -0.3 is 55.4 Å². The lowest BCUT2D eigenvalue weighted by Gasteiger charge is -2.45. The van der Waals surface area contributed by atoms with Crippen LogP contribution in [0.25, 0.3) is 0 Å². The highest BCUT2D eigenvalue weighted by molar-refractivity contribution is 5.00. The molecule has 0 spiro atoms. The van der Waals surface area contributed by atoms with E-state index in [-0.39, 0.29) is 0 Å². The second-order valence-corrected chi connectivity index (χ2v) is 5.75. The van der Waals surface area contributed by atoms with Gasteiger partial charge in [-0.15, -0.1) is 0 Å². The molecule has 0 aromatic heterocycles.